The molecular formula is C15H21FN2. The number of nitrogens with two attached hydrogens (primary N) is 1. The number of anilines is 1. The van der Waals surface area contributed by atoms with E-state index in [1.54, 1.807) is 12.1 Å². The first-order chi connectivity index (χ1) is 8.78. The van der Waals surface area contributed by atoms with Gasteiger partial charge in [-0.1, -0.05) is 12.1 Å². The van der Waals surface area contributed by atoms with Gasteiger partial charge in [0.25, 0.3) is 0 Å². The van der Waals surface area contributed by atoms with E-state index in [2.05, 4.69) is 4.90 Å². The molecule has 2 fully saturated rings. The van der Waals surface area contributed by atoms with E-state index in [1.165, 1.54) is 25.7 Å². The summed E-state index contributed by atoms with van der Waals surface area (Å²) in [6.07, 6.45) is 5.20. The second-order valence-corrected chi connectivity index (χ2v) is 5.74. The third kappa shape index (κ3) is 2.66. The van der Waals surface area contributed by atoms with Crippen LogP contribution in [0.15, 0.2) is 18.2 Å². The van der Waals surface area contributed by atoms with Gasteiger partial charge in [0.1, 0.15) is 5.82 Å². The van der Waals surface area contributed by atoms with Gasteiger partial charge in [-0.2, -0.15) is 0 Å². The summed E-state index contributed by atoms with van der Waals surface area (Å²) in [4.78, 5) is 2.26. The molecule has 0 unspecified atom stereocenters. The first-order valence-electron chi connectivity index (χ1n) is 7.00. The molecule has 3 rings (SSSR count). The molecule has 98 valence electrons. The second-order valence-electron chi connectivity index (χ2n) is 5.74. The summed E-state index contributed by atoms with van der Waals surface area (Å²) in [5, 5.41) is 0. The molecule has 0 amide bonds. The van der Waals surface area contributed by atoms with Crippen molar-refractivity contribution in [3.05, 3.63) is 29.6 Å². The Morgan fingerprint density at radius 1 is 1.11 bits per heavy atom. The summed E-state index contributed by atoms with van der Waals surface area (Å²) in [7, 11) is 0. The van der Waals surface area contributed by atoms with E-state index in [9.17, 15) is 4.39 Å². The first-order valence-corrected chi connectivity index (χ1v) is 7.00. The number of para-hydroxylation sites is 1. The second kappa shape index (κ2) is 4.88. The SMILES string of the molecule is NCc1cccc(F)c1N(CC1CC1)CC1CC1. The highest BCUT2D eigenvalue weighted by Crippen LogP contribution is 2.37. The predicted molar refractivity (Wildman–Crippen MR) is 72.0 cm³/mol. The van der Waals surface area contributed by atoms with Gasteiger partial charge >= 0.3 is 0 Å². The fourth-order valence-corrected chi connectivity index (χ4v) is 2.56. The van der Waals surface area contributed by atoms with Crippen molar-refractivity contribution in [2.75, 3.05) is 18.0 Å². The van der Waals surface area contributed by atoms with E-state index in [1.807, 2.05) is 6.07 Å². The number of rotatable bonds is 6. The van der Waals surface area contributed by atoms with Crippen LogP contribution >= 0.6 is 0 Å². The Kier molecular flexibility index (Phi) is 3.25. The number of benzene rings is 1. The monoisotopic (exact) mass is 248 g/mol. The molecule has 2 nitrogen and oxygen atoms in total. The number of nitrogens with zero attached hydrogens (tertiary/aromatic N) is 1. The summed E-state index contributed by atoms with van der Waals surface area (Å²) < 4.78 is 14.1. The summed E-state index contributed by atoms with van der Waals surface area (Å²) in [6, 6.07) is 5.26. The van der Waals surface area contributed by atoms with Gasteiger partial charge in [-0.15, -0.1) is 0 Å². The molecule has 0 bridgehead atoms. The molecule has 3 heteroatoms. The Bertz CT molecular complexity index is 411. The molecule has 0 aromatic heterocycles. The van der Waals surface area contributed by atoms with Crippen molar-refractivity contribution in [3.63, 3.8) is 0 Å². The van der Waals surface area contributed by atoms with Gasteiger partial charge < -0.3 is 10.6 Å². The highest BCUT2D eigenvalue weighted by Gasteiger charge is 2.31. The molecule has 2 aliphatic carbocycles. The highest BCUT2D eigenvalue weighted by molar-refractivity contribution is 5.55. The largest absolute Gasteiger partial charge is 0.368 e. The lowest BCUT2D eigenvalue weighted by Crippen LogP contribution is -2.30. The van der Waals surface area contributed by atoms with E-state index >= 15 is 0 Å². The average Bonchev–Trinajstić information content (AvgIpc) is 3.23. The minimum atomic E-state index is -0.112. The molecule has 18 heavy (non-hydrogen) atoms. The van der Waals surface area contributed by atoms with Gasteiger partial charge in [0, 0.05) is 19.6 Å². The fraction of sp³-hybridized carbons (Fsp3) is 0.600. The van der Waals surface area contributed by atoms with Crippen LogP contribution in [0.1, 0.15) is 31.2 Å². The van der Waals surface area contributed by atoms with Crippen molar-refractivity contribution in [2.24, 2.45) is 17.6 Å². The Morgan fingerprint density at radius 2 is 1.72 bits per heavy atom. The van der Waals surface area contributed by atoms with Crippen LogP contribution in [0, 0.1) is 17.7 Å². The molecule has 2 aliphatic rings. The summed E-state index contributed by atoms with van der Waals surface area (Å²) in [5.74, 6) is 1.43. The lowest BCUT2D eigenvalue weighted by molar-refractivity contribution is 0.599. The number of hydrogen-bond acceptors (Lipinski definition) is 2. The molecule has 0 spiro atoms. The molecule has 0 radical (unpaired) electrons. The van der Waals surface area contributed by atoms with Gasteiger partial charge in [-0.05, 0) is 49.1 Å². The van der Waals surface area contributed by atoms with E-state index in [4.69, 9.17) is 5.73 Å². The van der Waals surface area contributed by atoms with Gasteiger partial charge in [0.05, 0.1) is 5.69 Å². The lowest BCUT2D eigenvalue weighted by atomic mass is 10.1. The van der Waals surface area contributed by atoms with E-state index < -0.39 is 0 Å². The quantitative estimate of drug-likeness (QED) is 0.838. The standard InChI is InChI=1S/C15H21FN2/c16-14-3-1-2-13(8-17)15(14)18(9-11-4-5-11)10-12-6-7-12/h1-3,11-12H,4-10,17H2. The maximum absolute atomic E-state index is 14.1. The van der Waals surface area contributed by atoms with Crippen molar-refractivity contribution < 1.29 is 4.39 Å². The zero-order chi connectivity index (χ0) is 12.5. The topological polar surface area (TPSA) is 29.3 Å². The summed E-state index contributed by atoms with van der Waals surface area (Å²) >= 11 is 0. The minimum Gasteiger partial charge on any atom is -0.368 e. The van der Waals surface area contributed by atoms with Gasteiger partial charge in [-0.3, -0.25) is 0 Å². The lowest BCUT2D eigenvalue weighted by Gasteiger charge is -2.27. The van der Waals surface area contributed by atoms with Crippen LogP contribution in [0.2, 0.25) is 0 Å². The Hall–Kier alpha value is -1.09. The zero-order valence-electron chi connectivity index (χ0n) is 10.7. The smallest absolute Gasteiger partial charge is 0.146 e. The average molecular weight is 248 g/mol. The Labute approximate surface area is 108 Å². The molecule has 0 saturated heterocycles. The summed E-state index contributed by atoms with van der Waals surface area (Å²) in [5.41, 5.74) is 7.46. The van der Waals surface area contributed by atoms with Crippen LogP contribution in [-0.2, 0) is 6.54 Å². The van der Waals surface area contributed by atoms with Gasteiger partial charge in [-0.25, -0.2) is 4.39 Å². The molecule has 1 aromatic rings. The number of halogens is 1. The Morgan fingerprint density at radius 3 is 2.22 bits per heavy atom. The molecule has 0 atom stereocenters. The van der Waals surface area contributed by atoms with Crippen molar-refractivity contribution in [3.8, 4) is 0 Å². The van der Waals surface area contributed by atoms with Crippen LogP contribution < -0.4 is 10.6 Å². The van der Waals surface area contributed by atoms with Gasteiger partial charge in [0.15, 0.2) is 0 Å². The highest BCUT2D eigenvalue weighted by atomic mass is 19.1. The minimum absolute atomic E-state index is 0.112. The zero-order valence-corrected chi connectivity index (χ0v) is 10.7. The third-order valence-corrected chi connectivity index (χ3v) is 3.96. The van der Waals surface area contributed by atoms with Crippen LogP contribution in [-0.4, -0.2) is 13.1 Å². The summed E-state index contributed by atoms with van der Waals surface area (Å²) in [6.45, 7) is 2.42. The molecule has 2 saturated carbocycles. The van der Waals surface area contributed by atoms with Crippen LogP contribution in [0.25, 0.3) is 0 Å². The maximum Gasteiger partial charge on any atom is 0.146 e. The normalized spacial score (nSPS) is 19.0. The van der Waals surface area contributed by atoms with Crippen LogP contribution in [0.4, 0.5) is 10.1 Å². The van der Waals surface area contributed by atoms with Crippen LogP contribution in [0.3, 0.4) is 0 Å². The van der Waals surface area contributed by atoms with E-state index in [0.717, 1.165) is 36.2 Å². The number of hydrogen-bond donors (Lipinski definition) is 1. The molecular weight excluding hydrogens is 227 g/mol. The van der Waals surface area contributed by atoms with Crippen molar-refractivity contribution >= 4 is 5.69 Å². The van der Waals surface area contributed by atoms with Crippen molar-refractivity contribution in [1.29, 1.82) is 0 Å². The van der Waals surface area contributed by atoms with Gasteiger partial charge in [0.2, 0.25) is 0 Å². The molecule has 2 N–H and O–H groups in total. The first kappa shape index (κ1) is 12.0. The van der Waals surface area contributed by atoms with E-state index in [0.29, 0.717) is 6.54 Å². The van der Waals surface area contributed by atoms with Crippen molar-refractivity contribution in [2.45, 2.75) is 32.2 Å². The van der Waals surface area contributed by atoms with Crippen LogP contribution in [0.5, 0.6) is 0 Å². The van der Waals surface area contributed by atoms with Crippen molar-refractivity contribution in [1.82, 2.24) is 0 Å². The van der Waals surface area contributed by atoms with E-state index in [-0.39, 0.29) is 5.82 Å². The predicted octanol–water partition coefficient (Wildman–Crippen LogP) is 2.91. The maximum atomic E-state index is 14.1. The third-order valence-electron chi connectivity index (χ3n) is 3.96. The Balaban J connectivity index is 1.86. The molecule has 0 heterocycles. The fourth-order valence-electron chi connectivity index (χ4n) is 2.56. The molecule has 1 aromatic carbocycles. The molecule has 0 aliphatic heterocycles.